The molecule has 0 aromatic rings. The van der Waals surface area contributed by atoms with Gasteiger partial charge in [0.1, 0.15) is 121 Å². The molecular formula is C63H102O30. The van der Waals surface area contributed by atoms with Crippen molar-refractivity contribution in [2.24, 2.45) is 50.2 Å². The first-order valence-electron chi connectivity index (χ1n) is 33.0. The first-order chi connectivity index (χ1) is 43.6. The van der Waals surface area contributed by atoms with Crippen LogP contribution in [0.15, 0.2) is 11.6 Å². The van der Waals surface area contributed by atoms with E-state index in [1.807, 2.05) is 0 Å². The highest BCUT2D eigenvalue weighted by Crippen LogP contribution is 2.76. The van der Waals surface area contributed by atoms with E-state index in [0.29, 0.717) is 32.1 Å². The Bertz CT molecular complexity index is 2620. The van der Waals surface area contributed by atoms with Crippen molar-refractivity contribution < 1.29 is 148 Å². The molecule has 36 atom stereocenters. The van der Waals surface area contributed by atoms with Crippen molar-refractivity contribution in [3.63, 3.8) is 0 Å². The van der Waals surface area contributed by atoms with Crippen LogP contribution in [-0.4, -0.2) is 304 Å². The molecule has 6 saturated heterocycles. The number of esters is 1. The Morgan fingerprint density at radius 1 is 0.516 bits per heavy atom. The maximum Gasteiger partial charge on any atom is 0.317 e. The number of aliphatic hydroxyl groups excluding tert-OH is 17. The van der Waals surface area contributed by atoms with Gasteiger partial charge in [0, 0.05) is 0 Å². The second kappa shape index (κ2) is 26.9. The van der Waals surface area contributed by atoms with Crippen LogP contribution in [0, 0.1) is 50.2 Å². The van der Waals surface area contributed by atoms with Crippen molar-refractivity contribution in [2.45, 2.75) is 291 Å². The van der Waals surface area contributed by atoms with Crippen molar-refractivity contribution in [3.8, 4) is 0 Å². The van der Waals surface area contributed by atoms with Crippen LogP contribution in [0.3, 0.4) is 0 Å². The monoisotopic (exact) mass is 1340 g/mol. The Balaban J connectivity index is 0.818. The lowest BCUT2D eigenvalue weighted by molar-refractivity contribution is -0.392. The summed E-state index contributed by atoms with van der Waals surface area (Å²) in [6.45, 7) is 14.1. The van der Waals surface area contributed by atoms with Crippen LogP contribution < -0.4 is 0 Å². The number of rotatable bonds is 14. The van der Waals surface area contributed by atoms with Gasteiger partial charge in [-0.15, -0.1) is 0 Å². The van der Waals surface area contributed by atoms with Gasteiger partial charge in [-0.2, -0.15) is 0 Å². The summed E-state index contributed by atoms with van der Waals surface area (Å²) in [5.41, 5.74) is -2.80. The Morgan fingerprint density at radius 2 is 1.05 bits per heavy atom. The number of hydrogen-bond donors (Lipinski definition) is 17. The first-order valence-corrected chi connectivity index (χ1v) is 33.0. The van der Waals surface area contributed by atoms with Gasteiger partial charge in [0.05, 0.1) is 51.3 Å². The van der Waals surface area contributed by atoms with Gasteiger partial charge >= 0.3 is 5.97 Å². The molecule has 5 aliphatic carbocycles. The summed E-state index contributed by atoms with van der Waals surface area (Å²) in [5, 5.41) is 186. The molecule has 11 aliphatic rings. The lowest BCUT2D eigenvalue weighted by Gasteiger charge is -2.71. The minimum atomic E-state index is -2.07. The molecule has 0 radical (unpaired) electrons. The van der Waals surface area contributed by atoms with E-state index in [0.717, 1.165) is 18.4 Å². The number of aliphatic hydroxyl groups is 17. The molecule has 534 valence electrons. The number of carbonyl (C=O) groups is 1. The third-order valence-corrected chi connectivity index (χ3v) is 24.4. The van der Waals surface area contributed by atoms with Crippen molar-refractivity contribution in [2.75, 3.05) is 33.0 Å². The van der Waals surface area contributed by atoms with Gasteiger partial charge < -0.3 is 144 Å². The van der Waals surface area contributed by atoms with E-state index in [1.165, 1.54) is 6.92 Å². The minimum Gasteiger partial charge on any atom is -0.432 e. The zero-order valence-corrected chi connectivity index (χ0v) is 53.9. The van der Waals surface area contributed by atoms with Gasteiger partial charge in [0.25, 0.3) is 0 Å². The van der Waals surface area contributed by atoms with Crippen LogP contribution in [0.5, 0.6) is 0 Å². The molecule has 6 heterocycles. The van der Waals surface area contributed by atoms with Crippen LogP contribution in [0.1, 0.15) is 113 Å². The molecular weight excluding hydrogens is 1240 g/mol. The fourth-order valence-corrected chi connectivity index (χ4v) is 18.6. The molecule has 0 spiro atoms. The fourth-order valence-electron chi connectivity index (χ4n) is 18.6. The molecule has 36 unspecified atom stereocenters. The topological polar surface area (TPSA) is 472 Å². The highest BCUT2D eigenvalue weighted by Gasteiger charge is 2.72. The second-order valence-electron chi connectivity index (χ2n) is 30.7. The lowest BCUT2D eigenvalue weighted by Crippen LogP contribution is -2.68. The Labute approximate surface area is 539 Å². The predicted molar refractivity (Wildman–Crippen MR) is 310 cm³/mol. The number of ether oxygens (including phenoxy) is 12. The normalized spacial score (nSPS) is 54.7. The third kappa shape index (κ3) is 12.4. The quantitative estimate of drug-likeness (QED) is 0.0443. The summed E-state index contributed by atoms with van der Waals surface area (Å²) in [6.07, 6.45) is -39.9. The average molecular weight is 1340 g/mol. The van der Waals surface area contributed by atoms with E-state index >= 15 is 4.79 Å². The smallest absolute Gasteiger partial charge is 0.317 e. The molecule has 0 aromatic carbocycles. The molecule has 10 fully saturated rings. The summed E-state index contributed by atoms with van der Waals surface area (Å²) >= 11 is 0. The molecule has 0 amide bonds. The molecule has 93 heavy (non-hydrogen) atoms. The van der Waals surface area contributed by atoms with Gasteiger partial charge in [-0.05, 0) is 110 Å². The standard InChI is InChI=1S/C63H102O30/c1-24-48(90-52-44(77)37(70)28(66)21-83-52)49(91-54-46(79)41(74)39(72)30(19-64)87-54)47(80)55(86-24)92-50-38(71)29(67)22-84-56(50)93-57(81)63-16-15-58(2,3)17-26(63)25-9-10-33-60(6)13-12-35(59(4,5)32(60)11-14-61(33,7)62(25,8)18-34(63)68)89-53-45(78)42(75)40(73)31(88-53)23-85-51-43(76)36(69)27(65)20-82-51/h9,24,26-56,64-80H,10-23H2,1-8H3. The zero-order chi connectivity index (χ0) is 67.7. The summed E-state index contributed by atoms with van der Waals surface area (Å²) in [4.78, 5) is 15.7. The number of hydrogen-bond acceptors (Lipinski definition) is 30. The molecule has 0 bridgehead atoms. The van der Waals surface area contributed by atoms with Crippen molar-refractivity contribution in [1.29, 1.82) is 0 Å². The zero-order valence-electron chi connectivity index (χ0n) is 53.9. The maximum atomic E-state index is 15.7. The van der Waals surface area contributed by atoms with Gasteiger partial charge in [-0.1, -0.05) is 60.1 Å². The molecule has 30 nitrogen and oxygen atoms in total. The van der Waals surface area contributed by atoms with Crippen LogP contribution in [0.4, 0.5) is 0 Å². The van der Waals surface area contributed by atoms with Crippen molar-refractivity contribution >= 4 is 5.97 Å². The highest BCUT2D eigenvalue weighted by molar-refractivity contribution is 5.80. The van der Waals surface area contributed by atoms with Gasteiger partial charge in [-0.25, -0.2) is 0 Å². The summed E-state index contributed by atoms with van der Waals surface area (Å²) in [6, 6.07) is 0. The molecule has 4 saturated carbocycles. The third-order valence-electron chi connectivity index (χ3n) is 24.4. The SMILES string of the molecule is CC1OC(OC2C(OC(=O)C34CCC(C)(C)CC3C3=CCC5C6(C)CCC(OC7OC(COC8OCC(O)C(O)C8O)C(O)C(O)C7O)C(C)(C)C6CCC5(C)C3(C)CC4O)OCC(O)C2O)C(O)C(OC2OC(CO)C(O)C(O)C2O)C1OC1OCC(O)C(O)C1O. The number of allylic oxidation sites excluding steroid dienone is 2. The van der Waals surface area contributed by atoms with Crippen molar-refractivity contribution in [3.05, 3.63) is 11.6 Å². The summed E-state index contributed by atoms with van der Waals surface area (Å²) in [7, 11) is 0. The van der Waals surface area contributed by atoms with Crippen molar-refractivity contribution in [1.82, 2.24) is 0 Å². The van der Waals surface area contributed by atoms with E-state index < -0.39 is 238 Å². The van der Waals surface area contributed by atoms with Crippen LogP contribution in [0.25, 0.3) is 0 Å². The van der Waals surface area contributed by atoms with Gasteiger partial charge in [0.2, 0.25) is 6.29 Å². The highest BCUT2D eigenvalue weighted by atomic mass is 16.8. The molecule has 0 aromatic heterocycles. The lowest BCUT2D eigenvalue weighted by atomic mass is 9.33. The summed E-state index contributed by atoms with van der Waals surface area (Å²) < 4.78 is 71.8. The van der Waals surface area contributed by atoms with Crippen LogP contribution in [0.2, 0.25) is 0 Å². The molecule has 30 heteroatoms. The van der Waals surface area contributed by atoms with E-state index in [-0.39, 0.29) is 42.1 Å². The Kier molecular flexibility index (Phi) is 20.9. The molecule has 6 aliphatic heterocycles. The number of carbonyl (C=O) groups excluding carboxylic acids is 1. The van der Waals surface area contributed by atoms with E-state index in [1.54, 1.807) is 0 Å². The van der Waals surface area contributed by atoms with E-state index in [2.05, 4.69) is 54.5 Å². The first kappa shape index (κ1) is 72.3. The summed E-state index contributed by atoms with van der Waals surface area (Å²) in [5.74, 6) is -1.29. The molecule has 17 N–H and O–H groups in total. The van der Waals surface area contributed by atoms with E-state index in [4.69, 9.17) is 56.8 Å². The van der Waals surface area contributed by atoms with Crippen LogP contribution >= 0.6 is 0 Å². The van der Waals surface area contributed by atoms with Gasteiger partial charge in [-0.3, -0.25) is 4.79 Å². The second-order valence-corrected chi connectivity index (χ2v) is 30.7. The minimum absolute atomic E-state index is 0.0492. The maximum absolute atomic E-state index is 15.7. The average Bonchev–Trinajstić information content (AvgIpc) is 0.672. The predicted octanol–water partition coefficient (Wildman–Crippen LogP) is -4.47. The molecule has 11 rings (SSSR count). The van der Waals surface area contributed by atoms with Crippen LogP contribution in [-0.2, 0) is 61.6 Å². The Hall–Kier alpha value is -1.91. The van der Waals surface area contributed by atoms with E-state index in [9.17, 15) is 86.8 Å². The number of fused-ring (bicyclic) bond motifs is 7. The fraction of sp³-hybridized carbons (Fsp3) is 0.952. The largest absolute Gasteiger partial charge is 0.432 e. The van der Waals surface area contributed by atoms with Gasteiger partial charge in [0.15, 0.2) is 37.6 Å². The Morgan fingerprint density at radius 3 is 1.70 bits per heavy atom.